The Kier molecular flexibility index (Phi) is 12.7. The molecule has 0 aliphatic carbocycles. The number of ether oxygens (including phenoxy) is 2. The van der Waals surface area contributed by atoms with Crippen LogP contribution in [-0.4, -0.2) is 99.3 Å². The van der Waals surface area contributed by atoms with E-state index in [-0.39, 0.29) is 24.4 Å². The van der Waals surface area contributed by atoms with Gasteiger partial charge in [0.1, 0.15) is 23.7 Å². The van der Waals surface area contributed by atoms with Crippen LogP contribution in [0.1, 0.15) is 80.8 Å². The Morgan fingerprint density at radius 1 is 0.759 bits per heavy atom. The Balaban J connectivity index is 1.08. The highest BCUT2D eigenvalue weighted by atomic mass is 19.4. The van der Waals surface area contributed by atoms with Crippen molar-refractivity contribution in [1.29, 1.82) is 0 Å². The molecule has 0 spiro atoms. The number of hydrogen-bond donors (Lipinski definition) is 4. The molecule has 4 heterocycles. The number of alkyl halides is 3. The van der Waals surface area contributed by atoms with Crippen LogP contribution in [0.2, 0.25) is 0 Å². The van der Waals surface area contributed by atoms with Crippen molar-refractivity contribution in [2.75, 3.05) is 27.3 Å². The monoisotopic (exact) mass is 802 g/mol. The molecule has 0 radical (unpaired) electrons. The minimum Gasteiger partial charge on any atom is -0.453 e. The number of alkyl carbamates (subject to hydrolysis) is 2. The predicted octanol–water partition coefficient (Wildman–Crippen LogP) is 6.25. The molecule has 4 amide bonds. The molecule has 4 unspecified atom stereocenters. The molecule has 0 bridgehead atoms. The summed E-state index contributed by atoms with van der Waals surface area (Å²) >= 11 is 0. The third kappa shape index (κ3) is 9.79. The predicted molar refractivity (Wildman–Crippen MR) is 206 cm³/mol. The van der Waals surface area contributed by atoms with Crippen molar-refractivity contribution >= 4 is 24.0 Å². The fraction of sp³-hybridized carbons (Fsp3) is 0.415. The summed E-state index contributed by atoms with van der Waals surface area (Å²) in [6.45, 7) is 4.53. The number of benzene rings is 2. The van der Waals surface area contributed by atoms with Crippen LogP contribution in [0, 0.1) is 17.8 Å². The van der Waals surface area contributed by atoms with Crippen LogP contribution >= 0.6 is 0 Å². The lowest BCUT2D eigenvalue weighted by molar-refractivity contribution is -0.154. The van der Waals surface area contributed by atoms with E-state index in [4.69, 9.17) is 4.74 Å². The Morgan fingerprint density at radius 3 is 1.64 bits per heavy atom. The molecule has 4 N–H and O–H groups in total. The molecule has 2 aliphatic heterocycles. The SMILES string of the molecule is COC(=O)NC(CC(F)(F)F)C(=O)N1CCCC1c1ncc(-c2ccc(C#Cc3ccc(-c4cnc(C5CCCN5C(=O)C(NC(=O)OC)C(C)C)[nH]4)cc3)cc2)[nH]1. The molecule has 2 aromatic carbocycles. The summed E-state index contributed by atoms with van der Waals surface area (Å²) in [6.07, 6.45) is -2.00. The molecule has 2 fully saturated rings. The maximum atomic E-state index is 13.5. The van der Waals surface area contributed by atoms with Gasteiger partial charge in [-0.15, -0.1) is 0 Å². The average molecular weight is 803 g/mol. The molecule has 2 aromatic heterocycles. The maximum absolute atomic E-state index is 13.5. The Bertz CT molecular complexity index is 2160. The number of likely N-dealkylation sites (tertiary alicyclic amines) is 2. The second-order valence-electron chi connectivity index (χ2n) is 14.5. The van der Waals surface area contributed by atoms with Gasteiger partial charge in [0.15, 0.2) is 0 Å². The van der Waals surface area contributed by atoms with Gasteiger partial charge in [-0.05, 0) is 67.0 Å². The van der Waals surface area contributed by atoms with Gasteiger partial charge in [0.05, 0.1) is 56.5 Å². The van der Waals surface area contributed by atoms with Crippen molar-refractivity contribution in [2.24, 2.45) is 5.92 Å². The van der Waals surface area contributed by atoms with Gasteiger partial charge in [-0.3, -0.25) is 9.59 Å². The number of aromatic nitrogens is 4. The quantitative estimate of drug-likeness (QED) is 0.136. The molecule has 6 rings (SSSR count). The standard InChI is InChI=1S/C41H45F3N8O6/c1-24(2)34(50-40(56)58-4)38(54)52-20-6-8-33(52)36-46-23-31(48-36)28-17-13-26(14-18-28)10-9-25-11-15-27(16-12-25)30-22-45-35(47-30)32-7-5-19-51(32)37(53)29(21-41(42,43)44)49-39(55)57-3/h11-18,22-24,29,32-34H,5-8,19-21H2,1-4H3,(H,45,47)(H,46,48)(H,49,55)(H,50,56). The zero-order valence-electron chi connectivity index (χ0n) is 32.5. The zero-order valence-corrected chi connectivity index (χ0v) is 32.5. The van der Waals surface area contributed by atoms with Gasteiger partial charge in [-0.25, -0.2) is 19.6 Å². The van der Waals surface area contributed by atoms with E-state index in [0.29, 0.717) is 36.7 Å². The molecule has 58 heavy (non-hydrogen) atoms. The number of aromatic amines is 2. The average Bonchev–Trinajstić information content (AvgIpc) is 4.05. The molecular formula is C41H45F3N8O6. The minimum absolute atomic E-state index is 0.130. The first kappa shape index (κ1) is 41.3. The van der Waals surface area contributed by atoms with Gasteiger partial charge in [0.2, 0.25) is 11.8 Å². The topological polar surface area (TPSA) is 175 Å². The van der Waals surface area contributed by atoms with Gasteiger partial charge in [-0.1, -0.05) is 50.0 Å². The van der Waals surface area contributed by atoms with Crippen LogP contribution in [0.25, 0.3) is 22.5 Å². The summed E-state index contributed by atoms with van der Waals surface area (Å²) in [5, 5.41) is 4.69. The first-order valence-electron chi connectivity index (χ1n) is 18.9. The van der Waals surface area contributed by atoms with Crippen molar-refractivity contribution in [1.82, 2.24) is 40.4 Å². The summed E-state index contributed by atoms with van der Waals surface area (Å²) in [7, 11) is 2.28. The summed E-state index contributed by atoms with van der Waals surface area (Å²) in [6, 6.07) is 11.8. The molecule has 0 saturated carbocycles. The molecule has 2 aliphatic rings. The second-order valence-corrected chi connectivity index (χ2v) is 14.5. The Morgan fingerprint density at radius 2 is 1.21 bits per heavy atom. The van der Waals surface area contributed by atoms with Crippen LogP contribution in [0.5, 0.6) is 0 Å². The number of amides is 4. The summed E-state index contributed by atoms with van der Waals surface area (Å²) < 4.78 is 49.0. The molecule has 306 valence electrons. The van der Waals surface area contributed by atoms with Gasteiger partial charge < -0.3 is 39.9 Å². The van der Waals surface area contributed by atoms with Crippen molar-refractivity contribution < 1.29 is 41.8 Å². The van der Waals surface area contributed by atoms with E-state index < -0.39 is 48.8 Å². The van der Waals surface area contributed by atoms with Crippen molar-refractivity contribution in [3.05, 3.63) is 83.7 Å². The third-order valence-corrected chi connectivity index (χ3v) is 10.2. The normalized spacial score (nSPS) is 17.7. The minimum atomic E-state index is -4.68. The van der Waals surface area contributed by atoms with Crippen molar-refractivity contribution in [2.45, 2.75) is 76.3 Å². The van der Waals surface area contributed by atoms with E-state index >= 15 is 0 Å². The maximum Gasteiger partial charge on any atom is 0.407 e. The third-order valence-electron chi connectivity index (χ3n) is 10.2. The molecule has 4 atom stereocenters. The highest BCUT2D eigenvalue weighted by molar-refractivity contribution is 5.87. The lowest BCUT2D eigenvalue weighted by Crippen LogP contribution is -2.51. The molecule has 2 saturated heterocycles. The summed E-state index contributed by atoms with van der Waals surface area (Å²) in [5.74, 6) is 6.30. The van der Waals surface area contributed by atoms with Crippen LogP contribution in [0.4, 0.5) is 22.8 Å². The number of methoxy groups -OCH3 is 2. The van der Waals surface area contributed by atoms with Crippen molar-refractivity contribution in [3.8, 4) is 34.4 Å². The fourth-order valence-corrected chi connectivity index (χ4v) is 7.26. The van der Waals surface area contributed by atoms with Gasteiger partial charge in [0, 0.05) is 24.2 Å². The molecular weight excluding hydrogens is 757 g/mol. The molecule has 17 heteroatoms. The molecule has 14 nitrogen and oxygen atoms in total. The fourth-order valence-electron chi connectivity index (χ4n) is 7.26. The lowest BCUT2D eigenvalue weighted by Gasteiger charge is -2.30. The number of imidazole rings is 2. The number of nitrogens with one attached hydrogen (secondary N) is 4. The van der Waals surface area contributed by atoms with E-state index in [0.717, 1.165) is 47.9 Å². The van der Waals surface area contributed by atoms with E-state index in [1.165, 1.54) is 12.0 Å². The van der Waals surface area contributed by atoms with Crippen LogP contribution in [-0.2, 0) is 19.1 Å². The number of rotatable bonds is 10. The highest BCUT2D eigenvalue weighted by Gasteiger charge is 2.42. The van der Waals surface area contributed by atoms with Gasteiger partial charge in [0.25, 0.3) is 0 Å². The first-order valence-corrected chi connectivity index (χ1v) is 18.9. The number of carbonyl (C=O) groups is 4. The van der Waals surface area contributed by atoms with E-state index in [1.807, 2.05) is 67.7 Å². The number of carbonyl (C=O) groups excluding carboxylic acids is 4. The summed E-state index contributed by atoms with van der Waals surface area (Å²) in [5.41, 5.74) is 4.73. The van der Waals surface area contributed by atoms with Gasteiger partial charge in [-0.2, -0.15) is 13.2 Å². The second kappa shape index (κ2) is 17.9. The Labute approximate surface area is 333 Å². The number of hydrogen-bond acceptors (Lipinski definition) is 8. The van der Waals surface area contributed by atoms with E-state index in [9.17, 15) is 32.3 Å². The number of nitrogens with zero attached hydrogens (tertiary/aromatic N) is 4. The Hall–Kier alpha value is -6.31. The lowest BCUT2D eigenvalue weighted by atomic mass is 10.0. The first-order chi connectivity index (χ1) is 27.7. The highest BCUT2D eigenvalue weighted by Crippen LogP contribution is 2.35. The van der Waals surface area contributed by atoms with E-state index in [1.54, 1.807) is 17.3 Å². The van der Waals surface area contributed by atoms with Crippen LogP contribution in [0.15, 0.2) is 60.9 Å². The smallest absolute Gasteiger partial charge is 0.407 e. The van der Waals surface area contributed by atoms with Gasteiger partial charge >= 0.3 is 18.4 Å². The van der Waals surface area contributed by atoms with E-state index in [2.05, 4.69) is 41.8 Å². The largest absolute Gasteiger partial charge is 0.453 e. The van der Waals surface area contributed by atoms with Crippen LogP contribution in [0.3, 0.4) is 0 Å². The van der Waals surface area contributed by atoms with Crippen LogP contribution < -0.4 is 10.6 Å². The number of H-pyrrole nitrogens is 2. The molecule has 4 aromatic rings. The van der Waals surface area contributed by atoms with Crippen molar-refractivity contribution in [3.63, 3.8) is 0 Å². The summed E-state index contributed by atoms with van der Waals surface area (Å²) in [4.78, 5) is 69.1. The zero-order chi connectivity index (χ0) is 41.6. The number of halogens is 3.